The van der Waals surface area contributed by atoms with Gasteiger partial charge >= 0.3 is 0 Å². The fraction of sp³-hybridized carbons (Fsp3) is 0.250. The average Bonchev–Trinajstić information content (AvgIpc) is 2.06. The summed E-state index contributed by atoms with van der Waals surface area (Å²) >= 11 is 1.67. The summed E-state index contributed by atoms with van der Waals surface area (Å²) in [6, 6.07) is 1.92. The predicted molar refractivity (Wildman–Crippen MR) is 44.7 cm³/mol. The van der Waals surface area contributed by atoms with E-state index in [1.54, 1.807) is 24.2 Å². The van der Waals surface area contributed by atoms with E-state index in [9.17, 15) is 4.79 Å². The van der Waals surface area contributed by atoms with Gasteiger partial charge < -0.3 is 0 Å². The van der Waals surface area contributed by atoms with Crippen LogP contribution in [0.1, 0.15) is 15.9 Å². The van der Waals surface area contributed by atoms with E-state index < -0.39 is 0 Å². The summed E-state index contributed by atoms with van der Waals surface area (Å²) in [5.41, 5.74) is 1.94. The molecule has 3 heteroatoms. The molecule has 1 aromatic rings. The van der Waals surface area contributed by atoms with Crippen molar-refractivity contribution in [2.45, 2.75) is 5.75 Å². The van der Waals surface area contributed by atoms with E-state index in [1.807, 2.05) is 6.07 Å². The summed E-state index contributed by atoms with van der Waals surface area (Å²) in [5.74, 6) is 1.77. The SMILES string of the molecule is O=C1CSCc2ccncc21. The lowest BCUT2D eigenvalue weighted by atomic mass is 10.1. The highest BCUT2D eigenvalue weighted by Gasteiger charge is 2.16. The van der Waals surface area contributed by atoms with Gasteiger partial charge in [-0.1, -0.05) is 0 Å². The van der Waals surface area contributed by atoms with Crippen molar-refractivity contribution in [2.24, 2.45) is 0 Å². The Labute approximate surface area is 69.0 Å². The molecule has 0 amide bonds. The van der Waals surface area contributed by atoms with Crippen molar-refractivity contribution in [2.75, 3.05) is 5.75 Å². The Morgan fingerprint density at radius 2 is 2.36 bits per heavy atom. The number of aromatic nitrogens is 1. The van der Waals surface area contributed by atoms with Crippen molar-refractivity contribution < 1.29 is 4.79 Å². The van der Waals surface area contributed by atoms with Crippen molar-refractivity contribution in [3.05, 3.63) is 29.6 Å². The molecule has 0 aromatic carbocycles. The Morgan fingerprint density at radius 1 is 1.45 bits per heavy atom. The highest BCUT2D eigenvalue weighted by Crippen LogP contribution is 2.22. The molecule has 2 heterocycles. The van der Waals surface area contributed by atoms with E-state index in [1.165, 1.54) is 0 Å². The van der Waals surface area contributed by atoms with Gasteiger partial charge in [0.1, 0.15) is 0 Å². The Kier molecular flexibility index (Phi) is 1.66. The number of Topliss-reactive ketones (excluding diaryl/α,β-unsaturated/α-hetero) is 1. The third-order valence-electron chi connectivity index (χ3n) is 1.70. The van der Waals surface area contributed by atoms with Crippen molar-refractivity contribution in [3.8, 4) is 0 Å². The van der Waals surface area contributed by atoms with Crippen LogP contribution in [0.15, 0.2) is 18.5 Å². The highest BCUT2D eigenvalue weighted by atomic mass is 32.2. The monoisotopic (exact) mass is 165 g/mol. The van der Waals surface area contributed by atoms with Crippen LogP contribution in [0.4, 0.5) is 0 Å². The van der Waals surface area contributed by atoms with Gasteiger partial charge in [0.05, 0.1) is 5.75 Å². The molecule has 1 aliphatic rings. The van der Waals surface area contributed by atoms with Crippen molar-refractivity contribution in [1.82, 2.24) is 4.98 Å². The molecule has 1 aromatic heterocycles. The zero-order valence-corrected chi connectivity index (χ0v) is 6.73. The lowest BCUT2D eigenvalue weighted by Gasteiger charge is -2.12. The molecule has 11 heavy (non-hydrogen) atoms. The lowest BCUT2D eigenvalue weighted by Crippen LogP contribution is -2.11. The Bertz CT molecular complexity index is 298. The largest absolute Gasteiger partial charge is 0.293 e. The molecule has 1 aliphatic heterocycles. The number of hydrogen-bond acceptors (Lipinski definition) is 3. The highest BCUT2D eigenvalue weighted by molar-refractivity contribution is 7.99. The number of fused-ring (bicyclic) bond motifs is 1. The van der Waals surface area contributed by atoms with Gasteiger partial charge in [0, 0.05) is 23.7 Å². The van der Waals surface area contributed by atoms with E-state index >= 15 is 0 Å². The smallest absolute Gasteiger partial charge is 0.174 e. The zero-order chi connectivity index (χ0) is 7.68. The quantitative estimate of drug-likeness (QED) is 0.583. The molecule has 0 radical (unpaired) electrons. The number of nitrogens with zero attached hydrogens (tertiary/aromatic N) is 1. The average molecular weight is 165 g/mol. The molecule has 0 spiro atoms. The normalized spacial score (nSPS) is 16.2. The number of rotatable bonds is 0. The third kappa shape index (κ3) is 1.16. The summed E-state index contributed by atoms with van der Waals surface area (Å²) in [5, 5.41) is 0. The van der Waals surface area contributed by atoms with E-state index in [4.69, 9.17) is 0 Å². The molecule has 2 nitrogen and oxygen atoms in total. The van der Waals surface area contributed by atoms with Crippen LogP contribution in [0.2, 0.25) is 0 Å². The van der Waals surface area contributed by atoms with Crippen LogP contribution < -0.4 is 0 Å². The van der Waals surface area contributed by atoms with Gasteiger partial charge in [0.25, 0.3) is 0 Å². The summed E-state index contributed by atoms with van der Waals surface area (Å²) in [6.07, 6.45) is 3.40. The first-order valence-electron chi connectivity index (χ1n) is 3.42. The van der Waals surface area contributed by atoms with Gasteiger partial charge in [-0.05, 0) is 11.6 Å². The van der Waals surface area contributed by atoms with Crippen LogP contribution in [0.3, 0.4) is 0 Å². The molecule has 2 rings (SSSR count). The van der Waals surface area contributed by atoms with Gasteiger partial charge in [-0.2, -0.15) is 0 Å². The number of carbonyl (C=O) groups is 1. The van der Waals surface area contributed by atoms with Crippen molar-refractivity contribution in [3.63, 3.8) is 0 Å². The maximum atomic E-state index is 11.2. The summed E-state index contributed by atoms with van der Waals surface area (Å²) in [4.78, 5) is 15.1. The number of ketones is 1. The number of pyridine rings is 1. The van der Waals surface area contributed by atoms with Crippen LogP contribution in [0.25, 0.3) is 0 Å². The van der Waals surface area contributed by atoms with Crippen LogP contribution >= 0.6 is 11.8 Å². The molecule has 0 atom stereocenters. The van der Waals surface area contributed by atoms with Gasteiger partial charge in [0.2, 0.25) is 0 Å². The Balaban J connectivity index is 2.52. The molecule has 0 unspecified atom stereocenters. The summed E-state index contributed by atoms with van der Waals surface area (Å²) in [6.45, 7) is 0. The summed E-state index contributed by atoms with van der Waals surface area (Å²) < 4.78 is 0. The molecular formula is C8H7NOS. The number of carbonyl (C=O) groups excluding carboxylic acids is 1. The molecule has 0 aliphatic carbocycles. The zero-order valence-electron chi connectivity index (χ0n) is 5.91. The van der Waals surface area contributed by atoms with Crippen LogP contribution in [-0.2, 0) is 5.75 Å². The molecule has 56 valence electrons. The fourth-order valence-electron chi connectivity index (χ4n) is 1.13. The van der Waals surface area contributed by atoms with Crippen LogP contribution in [0.5, 0.6) is 0 Å². The van der Waals surface area contributed by atoms with Gasteiger partial charge in [-0.15, -0.1) is 11.8 Å². The molecule has 0 fully saturated rings. The minimum absolute atomic E-state index is 0.212. The molecule has 0 saturated heterocycles. The minimum Gasteiger partial charge on any atom is -0.293 e. The van der Waals surface area contributed by atoms with E-state index in [0.29, 0.717) is 5.75 Å². The Hall–Kier alpha value is -0.830. The number of hydrogen-bond donors (Lipinski definition) is 0. The van der Waals surface area contributed by atoms with Gasteiger partial charge in [-0.25, -0.2) is 0 Å². The topological polar surface area (TPSA) is 30.0 Å². The maximum Gasteiger partial charge on any atom is 0.174 e. The standard InChI is InChI=1S/C8H7NOS/c10-8-5-11-4-6-1-2-9-3-7(6)8/h1-3H,4-5H2. The van der Waals surface area contributed by atoms with Crippen LogP contribution in [0, 0.1) is 0 Å². The molecular weight excluding hydrogens is 158 g/mol. The first kappa shape index (κ1) is 6.85. The van der Waals surface area contributed by atoms with Crippen molar-refractivity contribution >= 4 is 17.5 Å². The van der Waals surface area contributed by atoms with E-state index in [2.05, 4.69) is 4.98 Å². The van der Waals surface area contributed by atoms with E-state index in [-0.39, 0.29) is 5.78 Å². The molecule has 0 saturated carbocycles. The van der Waals surface area contributed by atoms with Gasteiger partial charge in [0.15, 0.2) is 5.78 Å². The first-order chi connectivity index (χ1) is 5.38. The lowest BCUT2D eigenvalue weighted by molar-refractivity contribution is 0.102. The second-order valence-corrected chi connectivity index (χ2v) is 3.43. The molecule has 0 N–H and O–H groups in total. The van der Waals surface area contributed by atoms with Gasteiger partial charge in [-0.3, -0.25) is 9.78 Å². The van der Waals surface area contributed by atoms with Crippen molar-refractivity contribution in [1.29, 1.82) is 0 Å². The number of thioether (sulfide) groups is 1. The predicted octanol–water partition coefficient (Wildman–Crippen LogP) is 1.51. The first-order valence-corrected chi connectivity index (χ1v) is 4.57. The summed E-state index contributed by atoms with van der Waals surface area (Å²) in [7, 11) is 0. The third-order valence-corrected chi connectivity index (χ3v) is 2.68. The second kappa shape index (κ2) is 2.66. The van der Waals surface area contributed by atoms with Crippen LogP contribution in [-0.4, -0.2) is 16.5 Å². The maximum absolute atomic E-state index is 11.2. The second-order valence-electron chi connectivity index (χ2n) is 2.45. The van der Waals surface area contributed by atoms with E-state index in [0.717, 1.165) is 16.9 Å². The Morgan fingerprint density at radius 3 is 3.18 bits per heavy atom. The molecule has 0 bridgehead atoms. The fourth-order valence-corrected chi connectivity index (χ4v) is 2.05. The minimum atomic E-state index is 0.212.